The molecule has 6 heteroatoms. The maximum Gasteiger partial charge on any atom is 0.260 e. The third-order valence-corrected chi connectivity index (χ3v) is 4.47. The lowest BCUT2D eigenvalue weighted by atomic mass is 10.1. The van der Waals surface area contributed by atoms with Gasteiger partial charge in [0.2, 0.25) is 5.88 Å². The van der Waals surface area contributed by atoms with E-state index in [1.54, 1.807) is 11.9 Å². The van der Waals surface area contributed by atoms with Crippen molar-refractivity contribution in [2.24, 2.45) is 0 Å². The first-order chi connectivity index (χ1) is 11.1. The minimum atomic E-state index is -0.0877. The Kier molecular flexibility index (Phi) is 4.52. The number of rotatable bonds is 5. The Balaban J connectivity index is 1.63. The van der Waals surface area contributed by atoms with Crippen LogP contribution in [0.25, 0.3) is 10.2 Å². The average Bonchev–Trinajstić information content (AvgIpc) is 3.03. The Bertz CT molecular complexity index is 831. The second-order valence-corrected chi connectivity index (χ2v) is 6.18. The fourth-order valence-corrected chi connectivity index (χ4v) is 2.98. The number of hydrogen-bond donors (Lipinski definition) is 0. The van der Waals surface area contributed by atoms with Crippen molar-refractivity contribution in [2.75, 3.05) is 13.7 Å². The number of carbonyl (C=O) groups is 1. The van der Waals surface area contributed by atoms with Gasteiger partial charge in [0.05, 0.1) is 5.39 Å². The van der Waals surface area contributed by atoms with Gasteiger partial charge in [0, 0.05) is 13.6 Å². The van der Waals surface area contributed by atoms with Gasteiger partial charge in [-0.2, -0.15) is 0 Å². The van der Waals surface area contributed by atoms with Crippen molar-refractivity contribution >= 4 is 27.5 Å². The van der Waals surface area contributed by atoms with Gasteiger partial charge in [-0.25, -0.2) is 9.97 Å². The molecule has 0 fully saturated rings. The lowest BCUT2D eigenvalue weighted by Gasteiger charge is -2.18. The number of aryl methyl sites for hydroxylation is 1. The van der Waals surface area contributed by atoms with Crippen LogP contribution in [-0.4, -0.2) is 34.4 Å². The van der Waals surface area contributed by atoms with Crippen molar-refractivity contribution in [3.63, 3.8) is 0 Å². The van der Waals surface area contributed by atoms with E-state index in [0.717, 1.165) is 15.8 Å². The Morgan fingerprint density at radius 1 is 1.26 bits per heavy atom. The van der Waals surface area contributed by atoms with Crippen LogP contribution < -0.4 is 4.74 Å². The number of ether oxygens (including phenoxy) is 1. The van der Waals surface area contributed by atoms with Crippen LogP contribution in [0.1, 0.15) is 11.1 Å². The first kappa shape index (κ1) is 15.4. The lowest BCUT2D eigenvalue weighted by molar-refractivity contribution is -0.132. The zero-order valence-electron chi connectivity index (χ0n) is 13.0. The highest BCUT2D eigenvalue weighted by Crippen LogP contribution is 2.25. The fraction of sp³-hybridized carbons (Fsp3) is 0.235. The normalized spacial score (nSPS) is 10.7. The van der Waals surface area contributed by atoms with Crippen molar-refractivity contribution in [1.29, 1.82) is 0 Å². The van der Waals surface area contributed by atoms with Crippen LogP contribution in [0.2, 0.25) is 0 Å². The van der Waals surface area contributed by atoms with E-state index >= 15 is 0 Å². The first-order valence-corrected chi connectivity index (χ1v) is 8.12. The molecule has 0 N–H and O–H groups in total. The van der Waals surface area contributed by atoms with Crippen LogP contribution in [0.3, 0.4) is 0 Å². The summed E-state index contributed by atoms with van der Waals surface area (Å²) in [5.41, 5.74) is 2.30. The molecule has 0 bridgehead atoms. The molecule has 23 heavy (non-hydrogen) atoms. The third kappa shape index (κ3) is 3.48. The van der Waals surface area contributed by atoms with E-state index in [1.165, 1.54) is 23.2 Å². The molecule has 0 spiro atoms. The number of nitrogens with zero attached hydrogens (tertiary/aromatic N) is 3. The molecule has 0 unspecified atom stereocenters. The summed E-state index contributed by atoms with van der Waals surface area (Å²) in [6.07, 6.45) is 1.45. The molecule has 2 heterocycles. The van der Waals surface area contributed by atoms with Gasteiger partial charge in [-0.15, -0.1) is 11.3 Å². The van der Waals surface area contributed by atoms with Gasteiger partial charge in [-0.1, -0.05) is 24.3 Å². The predicted molar refractivity (Wildman–Crippen MR) is 90.6 cm³/mol. The summed E-state index contributed by atoms with van der Waals surface area (Å²) in [4.78, 5) is 23.1. The smallest absolute Gasteiger partial charge is 0.260 e. The summed E-state index contributed by atoms with van der Waals surface area (Å²) in [6.45, 7) is 2.56. The van der Waals surface area contributed by atoms with E-state index in [0.29, 0.717) is 12.4 Å². The van der Waals surface area contributed by atoms with E-state index in [-0.39, 0.29) is 12.5 Å². The average molecular weight is 327 g/mol. The molecule has 3 aromatic rings. The molecular weight excluding hydrogens is 310 g/mol. The van der Waals surface area contributed by atoms with E-state index in [9.17, 15) is 4.79 Å². The fourth-order valence-electron chi connectivity index (χ4n) is 2.25. The minimum absolute atomic E-state index is 0.0374. The third-order valence-electron chi connectivity index (χ3n) is 3.65. The van der Waals surface area contributed by atoms with Gasteiger partial charge in [-0.05, 0) is 29.5 Å². The molecule has 1 amide bonds. The van der Waals surface area contributed by atoms with Crippen LogP contribution in [0, 0.1) is 6.92 Å². The molecule has 3 rings (SSSR count). The summed E-state index contributed by atoms with van der Waals surface area (Å²) in [5.74, 6) is 0.365. The van der Waals surface area contributed by atoms with Gasteiger partial charge in [-0.3, -0.25) is 4.79 Å². The number of hydrogen-bond acceptors (Lipinski definition) is 5. The Labute approximate surface area is 138 Å². The Morgan fingerprint density at radius 3 is 2.91 bits per heavy atom. The molecule has 0 saturated carbocycles. The van der Waals surface area contributed by atoms with E-state index in [4.69, 9.17) is 4.74 Å². The maximum atomic E-state index is 12.3. The standard InChI is InChI=1S/C17H17N3O2S/c1-12-5-3-4-6-13(12)9-20(2)15(21)10-22-16-14-7-8-23-17(14)19-11-18-16/h3-8,11H,9-10H2,1-2H3. The van der Waals surface area contributed by atoms with Crippen LogP contribution in [0.15, 0.2) is 42.0 Å². The number of thiophene rings is 1. The highest BCUT2D eigenvalue weighted by Gasteiger charge is 2.13. The predicted octanol–water partition coefficient (Wildman–Crippen LogP) is 3.04. The molecule has 1 aromatic carbocycles. The van der Waals surface area contributed by atoms with Crippen molar-refractivity contribution in [2.45, 2.75) is 13.5 Å². The van der Waals surface area contributed by atoms with E-state index in [2.05, 4.69) is 9.97 Å². The molecule has 0 aliphatic heterocycles. The SMILES string of the molecule is Cc1ccccc1CN(C)C(=O)COc1ncnc2sccc12. The highest BCUT2D eigenvalue weighted by molar-refractivity contribution is 7.16. The summed E-state index contributed by atoms with van der Waals surface area (Å²) >= 11 is 1.52. The van der Waals surface area contributed by atoms with Crippen LogP contribution in [0.5, 0.6) is 5.88 Å². The summed E-state index contributed by atoms with van der Waals surface area (Å²) in [6, 6.07) is 9.94. The van der Waals surface area contributed by atoms with Gasteiger partial charge >= 0.3 is 0 Å². The van der Waals surface area contributed by atoms with Crippen LogP contribution in [0.4, 0.5) is 0 Å². The summed E-state index contributed by atoms with van der Waals surface area (Å²) in [5, 5.41) is 2.77. The molecule has 5 nitrogen and oxygen atoms in total. The Morgan fingerprint density at radius 2 is 2.09 bits per heavy atom. The molecule has 0 aliphatic rings. The Hall–Kier alpha value is -2.47. The number of fused-ring (bicyclic) bond motifs is 1. The maximum absolute atomic E-state index is 12.3. The summed E-state index contributed by atoms with van der Waals surface area (Å²) < 4.78 is 5.59. The number of aromatic nitrogens is 2. The molecule has 0 aliphatic carbocycles. The molecule has 2 aromatic heterocycles. The van der Waals surface area contributed by atoms with Gasteiger partial charge in [0.15, 0.2) is 6.61 Å². The molecular formula is C17H17N3O2S. The topological polar surface area (TPSA) is 55.3 Å². The van der Waals surface area contributed by atoms with E-state index < -0.39 is 0 Å². The van der Waals surface area contributed by atoms with Crippen molar-refractivity contribution < 1.29 is 9.53 Å². The van der Waals surface area contributed by atoms with Crippen molar-refractivity contribution in [1.82, 2.24) is 14.9 Å². The molecule has 118 valence electrons. The van der Waals surface area contributed by atoms with Gasteiger partial charge in [0.25, 0.3) is 5.91 Å². The zero-order valence-corrected chi connectivity index (χ0v) is 13.8. The second kappa shape index (κ2) is 6.75. The van der Waals surface area contributed by atoms with Crippen molar-refractivity contribution in [3.8, 4) is 5.88 Å². The van der Waals surface area contributed by atoms with Crippen LogP contribution >= 0.6 is 11.3 Å². The number of amides is 1. The number of benzene rings is 1. The summed E-state index contributed by atoms with van der Waals surface area (Å²) in [7, 11) is 1.78. The number of carbonyl (C=O) groups excluding carboxylic acids is 1. The number of likely N-dealkylation sites (N-methyl/N-ethyl adjacent to an activating group) is 1. The molecule has 0 radical (unpaired) electrons. The van der Waals surface area contributed by atoms with Crippen molar-refractivity contribution in [3.05, 3.63) is 53.2 Å². The quantitative estimate of drug-likeness (QED) is 0.723. The molecule has 0 saturated heterocycles. The lowest BCUT2D eigenvalue weighted by Crippen LogP contribution is -2.31. The van der Waals surface area contributed by atoms with Gasteiger partial charge in [0.1, 0.15) is 11.2 Å². The van der Waals surface area contributed by atoms with E-state index in [1.807, 2.05) is 42.6 Å². The van der Waals surface area contributed by atoms with Gasteiger partial charge < -0.3 is 9.64 Å². The van der Waals surface area contributed by atoms with Crippen LogP contribution in [-0.2, 0) is 11.3 Å². The molecule has 0 atom stereocenters. The highest BCUT2D eigenvalue weighted by atomic mass is 32.1. The monoisotopic (exact) mass is 327 g/mol. The first-order valence-electron chi connectivity index (χ1n) is 7.24. The largest absolute Gasteiger partial charge is 0.467 e. The minimum Gasteiger partial charge on any atom is -0.467 e. The second-order valence-electron chi connectivity index (χ2n) is 5.28. The zero-order chi connectivity index (χ0) is 16.2.